The minimum atomic E-state index is -0.461. The number of fused-ring (bicyclic) bond motifs is 9. The third kappa shape index (κ3) is 5.46. The van der Waals surface area contributed by atoms with Gasteiger partial charge < -0.3 is 0 Å². The highest BCUT2D eigenvalue weighted by atomic mass is 15.0. The first-order chi connectivity index (χ1) is 26.8. The topological polar surface area (TPSA) is 62.5 Å². The van der Waals surface area contributed by atoms with Gasteiger partial charge in [-0.2, -0.15) is 5.26 Å². The van der Waals surface area contributed by atoms with E-state index in [2.05, 4.69) is 130 Å². The Labute approximate surface area is 323 Å². The quantitative estimate of drug-likeness (QED) is 0.161. The van der Waals surface area contributed by atoms with Gasteiger partial charge >= 0.3 is 0 Å². The minimum Gasteiger partial charge on any atom is -0.208 e. The lowest BCUT2D eigenvalue weighted by molar-refractivity contribution is 0.563. The number of rotatable bonds is 6. The zero-order valence-electron chi connectivity index (χ0n) is 31.3. The van der Waals surface area contributed by atoms with E-state index in [1.807, 2.05) is 54.6 Å². The smallest absolute Gasteiger partial charge is 0.164 e. The Morgan fingerprint density at radius 1 is 0.691 bits per heavy atom. The summed E-state index contributed by atoms with van der Waals surface area (Å²) in [6.45, 7) is 11.2. The van der Waals surface area contributed by atoms with Crippen LogP contribution in [0.5, 0.6) is 0 Å². The molecule has 0 saturated heterocycles. The summed E-state index contributed by atoms with van der Waals surface area (Å²) in [6.07, 6.45) is 11.8. The first-order valence-corrected chi connectivity index (χ1v) is 18.9. The maximum absolute atomic E-state index is 9.38. The molecule has 0 N–H and O–H groups in total. The van der Waals surface area contributed by atoms with Gasteiger partial charge in [-0.3, -0.25) is 0 Å². The highest BCUT2D eigenvalue weighted by Crippen LogP contribution is 2.62. The average molecular weight is 709 g/mol. The molecule has 0 unspecified atom stereocenters. The second-order valence-corrected chi connectivity index (χ2v) is 15.2. The van der Waals surface area contributed by atoms with E-state index in [-0.39, 0.29) is 5.41 Å². The van der Waals surface area contributed by atoms with E-state index >= 15 is 0 Å². The van der Waals surface area contributed by atoms with Crippen molar-refractivity contribution in [2.24, 2.45) is 0 Å². The number of hydrogen-bond donors (Lipinski definition) is 0. The van der Waals surface area contributed by atoms with Crippen molar-refractivity contribution in [3.63, 3.8) is 0 Å². The van der Waals surface area contributed by atoms with Crippen LogP contribution >= 0.6 is 0 Å². The zero-order valence-corrected chi connectivity index (χ0v) is 31.3. The van der Waals surface area contributed by atoms with Crippen molar-refractivity contribution in [1.29, 1.82) is 5.26 Å². The van der Waals surface area contributed by atoms with Gasteiger partial charge in [0.1, 0.15) is 0 Å². The van der Waals surface area contributed by atoms with Crippen LogP contribution in [-0.2, 0) is 10.8 Å². The first kappa shape index (κ1) is 34.1. The lowest BCUT2D eigenvalue weighted by Crippen LogP contribution is -2.40. The summed E-state index contributed by atoms with van der Waals surface area (Å²) >= 11 is 0. The third-order valence-electron chi connectivity index (χ3n) is 11.7. The summed E-state index contributed by atoms with van der Waals surface area (Å²) in [6, 6.07) is 46.0. The van der Waals surface area contributed by atoms with Gasteiger partial charge in [0.2, 0.25) is 0 Å². The van der Waals surface area contributed by atoms with Gasteiger partial charge in [0.25, 0.3) is 0 Å². The van der Waals surface area contributed by atoms with E-state index in [1.165, 1.54) is 50.1 Å². The second kappa shape index (κ2) is 13.3. The summed E-state index contributed by atoms with van der Waals surface area (Å²) in [4.78, 5) is 15.1. The van der Waals surface area contributed by atoms with Crippen molar-refractivity contribution in [3.05, 3.63) is 214 Å². The monoisotopic (exact) mass is 708 g/mol. The van der Waals surface area contributed by atoms with Gasteiger partial charge in [0.15, 0.2) is 17.5 Å². The summed E-state index contributed by atoms with van der Waals surface area (Å²) in [5, 5.41) is 9.38. The van der Waals surface area contributed by atoms with Gasteiger partial charge in [-0.15, -0.1) is 0 Å². The fourth-order valence-electron chi connectivity index (χ4n) is 8.95. The van der Waals surface area contributed by atoms with E-state index in [1.54, 1.807) is 0 Å². The largest absolute Gasteiger partial charge is 0.208 e. The van der Waals surface area contributed by atoms with Crippen LogP contribution in [0.2, 0.25) is 0 Å². The van der Waals surface area contributed by atoms with Crippen molar-refractivity contribution in [2.45, 2.75) is 44.4 Å². The Hall–Kier alpha value is -6.70. The molecule has 55 heavy (non-hydrogen) atoms. The molecule has 1 aromatic heterocycles. The van der Waals surface area contributed by atoms with Crippen LogP contribution < -0.4 is 0 Å². The SMILES string of the molecule is C=C(/C=C\C=C(/C)C1=CC(C#N)=CCC1)c1nc(-c2ccccc2)nc(-c2ccc3c(c2)-c2ccccc2C32c3ccccc3C(C)(C)c3ccccc32)n1. The Morgan fingerprint density at radius 2 is 1.29 bits per heavy atom. The van der Waals surface area contributed by atoms with E-state index < -0.39 is 5.41 Å². The molecule has 0 amide bonds. The van der Waals surface area contributed by atoms with Crippen LogP contribution in [0.25, 0.3) is 39.5 Å². The molecule has 5 aromatic carbocycles. The van der Waals surface area contributed by atoms with E-state index in [0.29, 0.717) is 23.0 Å². The predicted molar refractivity (Wildman–Crippen MR) is 223 cm³/mol. The molecule has 264 valence electrons. The lowest BCUT2D eigenvalue weighted by atomic mass is 9.55. The normalized spacial score (nSPS) is 16.0. The molecular weight excluding hydrogens is 669 g/mol. The fourth-order valence-corrected chi connectivity index (χ4v) is 8.95. The van der Waals surface area contributed by atoms with Crippen LogP contribution in [0.3, 0.4) is 0 Å². The molecule has 1 heterocycles. The maximum Gasteiger partial charge on any atom is 0.164 e. The molecule has 6 aromatic rings. The van der Waals surface area contributed by atoms with Gasteiger partial charge in [0, 0.05) is 27.7 Å². The number of allylic oxidation sites excluding steroid dienone is 9. The van der Waals surface area contributed by atoms with Crippen LogP contribution in [0.1, 0.15) is 72.8 Å². The lowest BCUT2D eigenvalue weighted by Gasteiger charge is -2.46. The van der Waals surface area contributed by atoms with E-state index in [4.69, 9.17) is 15.0 Å². The number of aromatic nitrogens is 3. The average Bonchev–Trinajstić information content (AvgIpc) is 3.53. The zero-order chi connectivity index (χ0) is 37.7. The fraction of sp³-hybridized carbons (Fsp3) is 0.137. The second-order valence-electron chi connectivity index (χ2n) is 15.2. The Kier molecular flexibility index (Phi) is 8.25. The Bertz CT molecular complexity index is 2670. The van der Waals surface area contributed by atoms with Crippen molar-refractivity contribution in [1.82, 2.24) is 15.0 Å². The highest BCUT2D eigenvalue weighted by Gasteiger charge is 2.53. The molecule has 4 heteroatoms. The van der Waals surface area contributed by atoms with Crippen LogP contribution in [0.4, 0.5) is 0 Å². The van der Waals surface area contributed by atoms with Crippen molar-refractivity contribution < 1.29 is 0 Å². The van der Waals surface area contributed by atoms with Gasteiger partial charge in [0.05, 0.1) is 11.5 Å². The number of nitriles is 1. The van der Waals surface area contributed by atoms with Crippen LogP contribution in [0.15, 0.2) is 175 Å². The standard InChI is InChI=1S/C51H40N4/c1-33(37-21-15-18-35(30-37)32-52)16-14-17-34(2)47-53-48(36-19-6-5-7-20-36)55-49(54-47)38-28-29-42-40(31-38)39-22-8-9-23-41(39)51(42)45-26-12-10-24-43(45)50(3,4)44-25-11-13-27-46(44)51/h5-14,16-20,22-31H,2,15,21H2,1,3-4H3/b17-14-,33-16+. The minimum absolute atomic E-state index is 0.151. The van der Waals surface area contributed by atoms with Crippen LogP contribution in [0, 0.1) is 11.3 Å². The van der Waals surface area contributed by atoms with Crippen molar-refractivity contribution >= 4 is 5.57 Å². The molecule has 0 fully saturated rings. The Morgan fingerprint density at radius 3 is 1.98 bits per heavy atom. The molecule has 4 nitrogen and oxygen atoms in total. The maximum atomic E-state index is 9.38. The van der Waals surface area contributed by atoms with Crippen molar-refractivity contribution in [2.75, 3.05) is 0 Å². The first-order valence-electron chi connectivity index (χ1n) is 18.9. The molecule has 0 aliphatic heterocycles. The van der Waals surface area contributed by atoms with E-state index in [9.17, 15) is 5.26 Å². The van der Waals surface area contributed by atoms with E-state index in [0.717, 1.165) is 35.1 Å². The molecule has 0 saturated carbocycles. The van der Waals surface area contributed by atoms with Crippen molar-refractivity contribution in [3.8, 4) is 40.0 Å². The molecule has 1 spiro atoms. The summed E-state index contributed by atoms with van der Waals surface area (Å²) < 4.78 is 0. The van der Waals surface area contributed by atoms with Gasteiger partial charge in [-0.25, -0.2) is 15.0 Å². The van der Waals surface area contributed by atoms with Crippen LogP contribution in [-0.4, -0.2) is 15.0 Å². The molecule has 9 rings (SSSR count). The number of nitrogens with zero attached hydrogens (tertiary/aromatic N) is 4. The molecule has 0 radical (unpaired) electrons. The molecule has 3 aliphatic carbocycles. The molecule has 0 atom stereocenters. The predicted octanol–water partition coefficient (Wildman–Crippen LogP) is 11.9. The highest BCUT2D eigenvalue weighted by molar-refractivity contribution is 5.90. The summed E-state index contributed by atoms with van der Waals surface area (Å²) in [5.41, 5.74) is 15.3. The third-order valence-corrected chi connectivity index (χ3v) is 11.7. The van der Waals surface area contributed by atoms with Gasteiger partial charge in [-0.05, 0) is 87.6 Å². The Balaban J connectivity index is 1.18. The number of hydrogen-bond acceptors (Lipinski definition) is 4. The van der Waals surface area contributed by atoms with Gasteiger partial charge in [-0.1, -0.05) is 160 Å². The molecule has 0 bridgehead atoms. The molecular formula is C51H40N4. The summed E-state index contributed by atoms with van der Waals surface area (Å²) in [7, 11) is 0. The molecule has 3 aliphatic rings. The summed E-state index contributed by atoms with van der Waals surface area (Å²) in [5.74, 6) is 1.72. The number of benzene rings is 5.